The Bertz CT molecular complexity index is 640. The molecule has 9 heteroatoms. The third-order valence-electron chi connectivity index (χ3n) is 2.59. The monoisotopic (exact) mass is 335 g/mol. The Balaban J connectivity index is 2.57. The summed E-state index contributed by atoms with van der Waals surface area (Å²) in [6.45, 7) is 2.86. The van der Waals surface area contributed by atoms with Crippen LogP contribution in [0, 0.1) is 0 Å². The maximum absolute atomic E-state index is 12.0. The molecule has 120 valence electrons. The molecule has 0 bridgehead atoms. The van der Waals surface area contributed by atoms with E-state index in [0.29, 0.717) is 5.82 Å². The van der Waals surface area contributed by atoms with Crippen LogP contribution >= 0.6 is 0 Å². The summed E-state index contributed by atoms with van der Waals surface area (Å²) < 4.78 is 48.2. The van der Waals surface area contributed by atoms with Crippen molar-refractivity contribution in [2.75, 3.05) is 30.4 Å². The average molecular weight is 335 g/mol. The number of rotatable bonds is 9. The van der Waals surface area contributed by atoms with E-state index in [2.05, 4.69) is 15.0 Å². The topological polar surface area (TPSA) is 105 Å². The maximum Gasteiger partial charge on any atom is 0.242 e. The summed E-state index contributed by atoms with van der Waals surface area (Å²) in [6.07, 6.45) is 3.58. The number of nitrogens with one attached hydrogen (secondary N) is 2. The molecule has 7 nitrogen and oxygen atoms in total. The van der Waals surface area contributed by atoms with Gasteiger partial charge in [0.05, 0.1) is 5.75 Å². The predicted molar refractivity (Wildman–Crippen MR) is 82.5 cm³/mol. The number of nitrogens with zero attached hydrogens (tertiary/aromatic N) is 1. The van der Waals surface area contributed by atoms with Gasteiger partial charge >= 0.3 is 0 Å². The maximum atomic E-state index is 12.0. The number of aromatic nitrogens is 1. The molecule has 0 aliphatic heterocycles. The van der Waals surface area contributed by atoms with Crippen molar-refractivity contribution in [1.82, 2.24) is 9.71 Å². The quantitative estimate of drug-likeness (QED) is 0.641. The normalized spacial score (nSPS) is 12.3. The van der Waals surface area contributed by atoms with Gasteiger partial charge in [-0.2, -0.15) is 0 Å². The molecule has 1 heterocycles. The van der Waals surface area contributed by atoms with Crippen LogP contribution in [0.2, 0.25) is 0 Å². The van der Waals surface area contributed by atoms with Gasteiger partial charge in [-0.1, -0.05) is 6.92 Å². The Kier molecular flexibility index (Phi) is 6.56. The molecule has 0 aliphatic carbocycles. The van der Waals surface area contributed by atoms with E-state index in [9.17, 15) is 16.8 Å². The van der Waals surface area contributed by atoms with E-state index in [0.717, 1.165) is 19.2 Å². The second-order valence-corrected chi connectivity index (χ2v) is 8.71. The van der Waals surface area contributed by atoms with Gasteiger partial charge in [-0.05, 0) is 25.0 Å². The van der Waals surface area contributed by atoms with E-state index in [1.54, 1.807) is 6.07 Å². The molecule has 0 saturated carbocycles. The Morgan fingerprint density at radius 1 is 1.14 bits per heavy atom. The SMILES string of the molecule is CCCNc1ccc(S(=O)(=O)NCCCS(C)(=O)=O)cn1. The largest absolute Gasteiger partial charge is 0.370 e. The van der Waals surface area contributed by atoms with E-state index in [4.69, 9.17) is 0 Å². The number of sulfonamides is 1. The highest BCUT2D eigenvalue weighted by atomic mass is 32.2. The van der Waals surface area contributed by atoms with Crippen LogP contribution in [-0.2, 0) is 19.9 Å². The van der Waals surface area contributed by atoms with Crippen molar-refractivity contribution in [3.05, 3.63) is 18.3 Å². The highest BCUT2D eigenvalue weighted by Gasteiger charge is 2.14. The van der Waals surface area contributed by atoms with Crippen LogP contribution in [0.1, 0.15) is 19.8 Å². The van der Waals surface area contributed by atoms with Crippen molar-refractivity contribution in [1.29, 1.82) is 0 Å². The molecule has 0 aromatic carbocycles. The molecule has 1 aromatic heterocycles. The minimum atomic E-state index is -3.65. The summed E-state index contributed by atoms with van der Waals surface area (Å²) in [7, 11) is -6.73. The van der Waals surface area contributed by atoms with Crippen molar-refractivity contribution >= 4 is 25.7 Å². The fraction of sp³-hybridized carbons (Fsp3) is 0.583. The highest BCUT2D eigenvalue weighted by molar-refractivity contribution is 7.90. The third kappa shape index (κ3) is 6.87. The summed E-state index contributed by atoms with van der Waals surface area (Å²) in [4.78, 5) is 4.08. The molecule has 0 atom stereocenters. The zero-order chi connectivity index (χ0) is 15.9. The molecule has 0 fully saturated rings. The lowest BCUT2D eigenvalue weighted by Crippen LogP contribution is -2.26. The number of pyridine rings is 1. The molecule has 1 aromatic rings. The summed E-state index contributed by atoms with van der Waals surface area (Å²) in [6, 6.07) is 3.06. The van der Waals surface area contributed by atoms with Gasteiger partial charge in [-0.15, -0.1) is 0 Å². The van der Waals surface area contributed by atoms with Crippen LogP contribution in [0.3, 0.4) is 0 Å². The molecule has 0 aliphatic rings. The van der Waals surface area contributed by atoms with Gasteiger partial charge in [0.25, 0.3) is 0 Å². The van der Waals surface area contributed by atoms with Gasteiger partial charge in [0, 0.05) is 25.5 Å². The number of sulfone groups is 1. The smallest absolute Gasteiger partial charge is 0.242 e. The first-order valence-electron chi connectivity index (χ1n) is 6.62. The van der Waals surface area contributed by atoms with Crippen molar-refractivity contribution in [3.8, 4) is 0 Å². The zero-order valence-corrected chi connectivity index (χ0v) is 13.8. The second-order valence-electron chi connectivity index (χ2n) is 4.69. The summed E-state index contributed by atoms with van der Waals surface area (Å²) >= 11 is 0. The minimum absolute atomic E-state index is 0.0480. The Morgan fingerprint density at radius 2 is 1.86 bits per heavy atom. The third-order valence-corrected chi connectivity index (χ3v) is 5.06. The van der Waals surface area contributed by atoms with Gasteiger partial charge in [0.1, 0.15) is 20.6 Å². The number of hydrogen-bond donors (Lipinski definition) is 2. The molecule has 2 N–H and O–H groups in total. The number of anilines is 1. The molecule has 1 rings (SSSR count). The van der Waals surface area contributed by atoms with Gasteiger partial charge < -0.3 is 5.32 Å². The van der Waals surface area contributed by atoms with Gasteiger partial charge in [0.15, 0.2) is 0 Å². The summed E-state index contributed by atoms with van der Waals surface area (Å²) in [5.74, 6) is 0.570. The molecule has 0 spiro atoms. The van der Waals surface area contributed by atoms with Gasteiger partial charge in [-0.25, -0.2) is 26.5 Å². The van der Waals surface area contributed by atoms with Gasteiger partial charge in [0.2, 0.25) is 10.0 Å². The van der Waals surface area contributed by atoms with Crippen LogP contribution < -0.4 is 10.0 Å². The standard InChI is InChI=1S/C12H21N3O4S2/c1-3-7-13-12-6-5-11(10-14-12)21(18,19)15-8-4-9-20(2,16)17/h5-6,10,15H,3-4,7-9H2,1-2H3,(H,13,14). The molecular formula is C12H21N3O4S2. The lowest BCUT2D eigenvalue weighted by atomic mass is 10.4. The van der Waals surface area contributed by atoms with Crippen LogP contribution in [0.5, 0.6) is 0 Å². The molecule has 0 radical (unpaired) electrons. The molecule has 0 unspecified atom stereocenters. The summed E-state index contributed by atoms with van der Waals surface area (Å²) in [5, 5.41) is 3.05. The first kappa shape index (κ1) is 17.9. The molecular weight excluding hydrogens is 314 g/mol. The lowest BCUT2D eigenvalue weighted by molar-refractivity contribution is 0.577. The van der Waals surface area contributed by atoms with Gasteiger partial charge in [-0.3, -0.25) is 0 Å². The van der Waals surface area contributed by atoms with E-state index in [1.807, 2.05) is 6.92 Å². The van der Waals surface area contributed by atoms with Crippen LogP contribution in [0.15, 0.2) is 23.2 Å². The van der Waals surface area contributed by atoms with E-state index >= 15 is 0 Å². The fourth-order valence-electron chi connectivity index (χ4n) is 1.52. The zero-order valence-electron chi connectivity index (χ0n) is 12.2. The van der Waals surface area contributed by atoms with E-state index in [-0.39, 0.29) is 23.6 Å². The van der Waals surface area contributed by atoms with Crippen molar-refractivity contribution in [3.63, 3.8) is 0 Å². The van der Waals surface area contributed by atoms with Crippen molar-refractivity contribution < 1.29 is 16.8 Å². The van der Waals surface area contributed by atoms with Crippen molar-refractivity contribution in [2.24, 2.45) is 0 Å². The predicted octanol–water partition coefficient (Wildman–Crippen LogP) is 0.616. The Hall–Kier alpha value is -1.19. The lowest BCUT2D eigenvalue weighted by Gasteiger charge is -2.07. The Labute approximate surface area is 126 Å². The molecule has 0 saturated heterocycles. The second kappa shape index (κ2) is 7.71. The first-order valence-corrected chi connectivity index (χ1v) is 10.2. The van der Waals surface area contributed by atoms with Crippen LogP contribution in [0.4, 0.5) is 5.82 Å². The highest BCUT2D eigenvalue weighted by Crippen LogP contribution is 2.10. The van der Waals surface area contributed by atoms with E-state index < -0.39 is 19.9 Å². The van der Waals surface area contributed by atoms with Crippen molar-refractivity contribution in [2.45, 2.75) is 24.7 Å². The minimum Gasteiger partial charge on any atom is -0.370 e. The van der Waals surface area contributed by atoms with Crippen LogP contribution in [-0.4, -0.2) is 46.9 Å². The Morgan fingerprint density at radius 3 is 2.38 bits per heavy atom. The van der Waals surface area contributed by atoms with Crippen LogP contribution in [0.25, 0.3) is 0 Å². The average Bonchev–Trinajstić information content (AvgIpc) is 2.41. The first-order chi connectivity index (χ1) is 9.74. The van der Waals surface area contributed by atoms with E-state index in [1.165, 1.54) is 12.3 Å². The molecule has 0 amide bonds. The summed E-state index contributed by atoms with van der Waals surface area (Å²) in [5.41, 5.74) is 0. The number of hydrogen-bond acceptors (Lipinski definition) is 6. The molecule has 21 heavy (non-hydrogen) atoms. The fourth-order valence-corrected chi connectivity index (χ4v) is 3.21.